The smallest absolute Gasteiger partial charge is 0.355 e. The van der Waals surface area contributed by atoms with E-state index < -0.39 is 31.4 Å². The number of halogens is 1. The summed E-state index contributed by atoms with van der Waals surface area (Å²) in [4.78, 5) is 25.0. The second-order valence-electron chi connectivity index (χ2n) is 8.56. The van der Waals surface area contributed by atoms with Gasteiger partial charge < -0.3 is 14.0 Å². The molecule has 0 amide bonds. The summed E-state index contributed by atoms with van der Waals surface area (Å²) in [6.07, 6.45) is 2.08. The van der Waals surface area contributed by atoms with Crippen molar-refractivity contribution in [2.75, 3.05) is 13.2 Å². The molecule has 37 heavy (non-hydrogen) atoms. The van der Waals surface area contributed by atoms with Gasteiger partial charge in [0.15, 0.2) is 0 Å². The molecular weight excluding hydrogens is 516 g/mol. The number of para-hydroxylation sites is 1. The highest BCUT2D eigenvalue weighted by Crippen LogP contribution is 2.58. The number of carbonyl (C=O) groups is 2. The summed E-state index contributed by atoms with van der Waals surface area (Å²) in [7, 11) is -4.37. The number of nitrogens with one attached hydrogen (secondary N) is 1. The van der Waals surface area contributed by atoms with Crippen molar-refractivity contribution < 1.29 is 32.5 Å². The molecule has 0 saturated heterocycles. The number of esters is 2. The van der Waals surface area contributed by atoms with Gasteiger partial charge >= 0.3 is 19.5 Å². The van der Waals surface area contributed by atoms with Gasteiger partial charge in [-0.15, -0.1) is 11.3 Å². The number of alkyl halides is 1. The summed E-state index contributed by atoms with van der Waals surface area (Å²) >= 11 is 1.20. The van der Waals surface area contributed by atoms with Crippen molar-refractivity contribution in [3.8, 4) is 5.75 Å². The molecule has 0 saturated carbocycles. The van der Waals surface area contributed by atoms with Crippen LogP contribution in [0.15, 0.2) is 55.1 Å². The minimum Gasteiger partial charge on any atom is -0.465 e. The first kappa shape index (κ1) is 28.6. The molecule has 198 valence electrons. The lowest BCUT2D eigenvalue weighted by atomic mass is 10.1. The largest absolute Gasteiger partial charge is 0.465 e. The number of ether oxygens (including phenoxy) is 2. The lowest BCUT2D eigenvalue weighted by Crippen LogP contribution is -2.35. The molecule has 0 aliphatic carbocycles. The fourth-order valence-corrected chi connectivity index (χ4v) is 6.55. The molecule has 3 rings (SSSR count). The van der Waals surface area contributed by atoms with Crippen LogP contribution in [0.1, 0.15) is 52.5 Å². The van der Waals surface area contributed by atoms with E-state index in [0.717, 1.165) is 4.70 Å². The van der Waals surface area contributed by atoms with Gasteiger partial charge in [0.25, 0.3) is 0 Å². The number of benzene rings is 2. The molecule has 7 nitrogen and oxygen atoms in total. The second kappa shape index (κ2) is 12.5. The zero-order chi connectivity index (χ0) is 27.2. The maximum absolute atomic E-state index is 16.2. The molecule has 0 spiro atoms. The van der Waals surface area contributed by atoms with E-state index in [0.29, 0.717) is 27.8 Å². The number of hydrogen-bond donors (Lipinski definition) is 1. The number of carbonyl (C=O) groups excluding carboxylic acids is 2. The highest BCUT2D eigenvalue weighted by Gasteiger charge is 2.41. The van der Waals surface area contributed by atoms with Gasteiger partial charge in [-0.3, -0.25) is 9.36 Å². The minimum atomic E-state index is -4.37. The first-order valence-corrected chi connectivity index (χ1v) is 14.4. The Morgan fingerprint density at radius 2 is 1.86 bits per heavy atom. The molecule has 1 aromatic heterocycles. The van der Waals surface area contributed by atoms with E-state index in [1.807, 2.05) is 13.0 Å². The lowest BCUT2D eigenvalue weighted by molar-refractivity contribution is -0.145. The maximum atomic E-state index is 16.2. The molecule has 0 fully saturated rings. The minimum absolute atomic E-state index is 0.0764. The summed E-state index contributed by atoms with van der Waals surface area (Å²) in [6.45, 7) is 10.6. The van der Waals surface area contributed by atoms with Gasteiger partial charge in [-0.1, -0.05) is 43.8 Å². The highest BCUT2D eigenvalue weighted by molar-refractivity contribution is 7.57. The van der Waals surface area contributed by atoms with E-state index in [4.69, 9.17) is 14.0 Å². The molecule has 3 aromatic rings. The first-order chi connectivity index (χ1) is 17.6. The predicted octanol–water partition coefficient (Wildman–Crippen LogP) is 7.03. The summed E-state index contributed by atoms with van der Waals surface area (Å²) in [5.41, 5.74) is 1.42. The van der Waals surface area contributed by atoms with Crippen LogP contribution in [0, 0.1) is 13.8 Å². The lowest BCUT2D eigenvalue weighted by Gasteiger charge is -2.27. The summed E-state index contributed by atoms with van der Waals surface area (Å²) in [6, 6.07) is 10.5. The van der Waals surface area contributed by atoms with Gasteiger partial charge in [-0.2, -0.15) is 0 Å². The van der Waals surface area contributed by atoms with Gasteiger partial charge in [0.2, 0.25) is 5.91 Å². The van der Waals surface area contributed by atoms with Crippen molar-refractivity contribution in [2.24, 2.45) is 0 Å². The topological polar surface area (TPSA) is 90.9 Å². The highest BCUT2D eigenvalue weighted by atomic mass is 32.1. The Morgan fingerprint density at radius 3 is 2.51 bits per heavy atom. The van der Waals surface area contributed by atoms with Crippen LogP contribution < -0.4 is 9.61 Å². The molecule has 0 radical (unpaired) electrons. The van der Waals surface area contributed by atoms with Gasteiger partial charge in [-0.25, -0.2) is 14.3 Å². The SMILES string of the molecule is C=CCOC(=O)c1cc2cc([C@H](F)P(=O)(N[C@@H](C)C(=O)OCCC)Oc3c(C)cccc3C)ccc2s1. The number of rotatable bonds is 12. The van der Waals surface area contributed by atoms with Crippen molar-refractivity contribution in [3.63, 3.8) is 0 Å². The van der Waals surface area contributed by atoms with Gasteiger partial charge in [0.05, 0.1) is 6.61 Å². The maximum Gasteiger partial charge on any atom is 0.355 e. The molecule has 0 aliphatic heterocycles. The number of aryl methyl sites for hydroxylation is 2. The van der Waals surface area contributed by atoms with Crippen LogP contribution in [-0.4, -0.2) is 31.2 Å². The Labute approximate surface area is 220 Å². The molecular formula is C27H31FNO6PS. The summed E-state index contributed by atoms with van der Waals surface area (Å²) in [5.74, 6) is -3.01. The van der Waals surface area contributed by atoms with Crippen molar-refractivity contribution in [1.82, 2.24) is 5.09 Å². The molecule has 1 heterocycles. The standard InChI is InChI=1S/C27H31FNO6PS/c1-6-13-33-26(30)19(5)29-36(32,35-24-17(3)9-8-10-18(24)4)25(28)20-11-12-22-21(15-20)16-23(37-22)27(31)34-14-7-2/h7-12,15-16,19,25H,2,6,13-14H2,1,3-5H3,(H,29,32)/t19-,25+,36?/m0/s1. The van der Waals surface area contributed by atoms with Crippen molar-refractivity contribution in [1.29, 1.82) is 0 Å². The van der Waals surface area contributed by atoms with Crippen LogP contribution in [0.3, 0.4) is 0 Å². The third-order valence-electron chi connectivity index (χ3n) is 5.46. The van der Waals surface area contributed by atoms with Crippen molar-refractivity contribution >= 4 is 40.9 Å². The molecule has 0 bridgehead atoms. The Hall–Kier alpha value is -3.00. The molecule has 1 unspecified atom stereocenters. The van der Waals surface area contributed by atoms with Crippen molar-refractivity contribution in [2.45, 2.75) is 46.1 Å². The Bertz CT molecular complexity index is 1320. The third-order valence-corrected chi connectivity index (χ3v) is 8.65. The predicted molar refractivity (Wildman–Crippen MR) is 144 cm³/mol. The number of thiophene rings is 1. The quantitative estimate of drug-likeness (QED) is 0.148. The van der Waals surface area contributed by atoms with E-state index >= 15 is 4.39 Å². The van der Waals surface area contributed by atoms with Crippen LogP contribution in [0.25, 0.3) is 10.1 Å². The zero-order valence-electron chi connectivity index (χ0n) is 21.3. The third kappa shape index (κ3) is 6.86. The monoisotopic (exact) mass is 547 g/mol. The summed E-state index contributed by atoms with van der Waals surface area (Å²) in [5, 5.41) is 3.19. The molecule has 10 heteroatoms. The van der Waals surface area contributed by atoms with Gasteiger partial charge in [-0.05, 0) is 67.5 Å². The van der Waals surface area contributed by atoms with E-state index in [1.54, 1.807) is 38.1 Å². The van der Waals surface area contributed by atoms with E-state index in [-0.39, 0.29) is 24.5 Å². The zero-order valence-corrected chi connectivity index (χ0v) is 23.0. The Kier molecular flexibility index (Phi) is 9.65. The van der Waals surface area contributed by atoms with Gasteiger partial charge in [0, 0.05) is 4.70 Å². The number of hydrogen-bond acceptors (Lipinski definition) is 7. The van der Waals surface area contributed by atoms with E-state index in [2.05, 4.69) is 11.7 Å². The Morgan fingerprint density at radius 1 is 1.16 bits per heavy atom. The first-order valence-electron chi connectivity index (χ1n) is 11.8. The fourth-order valence-electron chi connectivity index (χ4n) is 3.58. The van der Waals surface area contributed by atoms with Crippen LogP contribution in [0.5, 0.6) is 5.75 Å². The van der Waals surface area contributed by atoms with Crippen LogP contribution >= 0.6 is 18.9 Å². The average Bonchev–Trinajstić information content (AvgIpc) is 3.31. The van der Waals surface area contributed by atoms with Crippen LogP contribution in [0.2, 0.25) is 0 Å². The van der Waals surface area contributed by atoms with E-state index in [9.17, 15) is 14.2 Å². The average molecular weight is 548 g/mol. The molecule has 0 aliphatic rings. The van der Waals surface area contributed by atoms with Crippen LogP contribution in [0.4, 0.5) is 4.39 Å². The van der Waals surface area contributed by atoms with Gasteiger partial charge in [0.1, 0.15) is 23.3 Å². The fraction of sp³-hybridized carbons (Fsp3) is 0.333. The van der Waals surface area contributed by atoms with Crippen molar-refractivity contribution in [3.05, 3.63) is 76.7 Å². The van der Waals surface area contributed by atoms with E-state index in [1.165, 1.54) is 36.5 Å². The second-order valence-corrected chi connectivity index (χ2v) is 11.7. The van der Waals surface area contributed by atoms with Crippen LogP contribution in [-0.2, 0) is 18.8 Å². The number of fused-ring (bicyclic) bond motifs is 1. The summed E-state index contributed by atoms with van der Waals surface area (Å²) < 4.78 is 47.2. The molecule has 2 aromatic carbocycles. The molecule has 1 N–H and O–H groups in total. The Balaban J connectivity index is 1.98. The normalized spacial score (nSPS) is 14.4. The molecule has 3 atom stereocenters.